The number of hydrogen-bond donors (Lipinski definition) is 2. The Morgan fingerprint density at radius 3 is 2.45 bits per heavy atom. The van der Waals surface area contributed by atoms with Crippen LogP contribution in [0.25, 0.3) is 0 Å². The van der Waals surface area contributed by atoms with Crippen LogP contribution in [0.1, 0.15) is 19.5 Å². The lowest BCUT2D eigenvalue weighted by Gasteiger charge is -2.28. The van der Waals surface area contributed by atoms with Crippen molar-refractivity contribution in [2.75, 3.05) is 27.2 Å². The summed E-state index contributed by atoms with van der Waals surface area (Å²) >= 11 is 0. The predicted octanol–water partition coefficient (Wildman–Crippen LogP) is 0.406. The monoisotopic (exact) mass is 300 g/mol. The van der Waals surface area contributed by atoms with Crippen molar-refractivity contribution < 1.29 is 8.42 Å². The second-order valence-electron chi connectivity index (χ2n) is 5.92. The van der Waals surface area contributed by atoms with Crippen molar-refractivity contribution in [2.24, 2.45) is 11.1 Å². The molecule has 114 valence electrons. The molecular formula is C13H24N4O2S. The van der Waals surface area contributed by atoms with Crippen molar-refractivity contribution in [3.63, 3.8) is 0 Å². The molecule has 1 heterocycles. The summed E-state index contributed by atoms with van der Waals surface area (Å²) in [5, 5.41) is 0. The lowest BCUT2D eigenvalue weighted by atomic mass is 9.93. The minimum Gasteiger partial charge on any atom is -0.325 e. The van der Waals surface area contributed by atoms with Gasteiger partial charge in [0, 0.05) is 25.8 Å². The van der Waals surface area contributed by atoms with Crippen molar-refractivity contribution >= 4 is 10.0 Å². The van der Waals surface area contributed by atoms with E-state index >= 15 is 0 Å². The Morgan fingerprint density at radius 1 is 1.35 bits per heavy atom. The van der Waals surface area contributed by atoms with Gasteiger partial charge in [-0.2, -0.15) is 0 Å². The molecule has 0 saturated heterocycles. The number of pyridine rings is 1. The van der Waals surface area contributed by atoms with Gasteiger partial charge in [-0.05, 0) is 31.6 Å². The van der Waals surface area contributed by atoms with E-state index in [-0.39, 0.29) is 10.3 Å². The highest BCUT2D eigenvalue weighted by Crippen LogP contribution is 2.16. The fraction of sp³-hybridized carbons (Fsp3) is 0.615. The average molecular weight is 300 g/mol. The van der Waals surface area contributed by atoms with Gasteiger partial charge in [-0.3, -0.25) is 4.98 Å². The van der Waals surface area contributed by atoms with Gasteiger partial charge >= 0.3 is 0 Å². The lowest BCUT2D eigenvalue weighted by Crippen LogP contribution is -2.39. The molecule has 0 aliphatic rings. The number of nitrogens with zero attached hydrogens (tertiary/aromatic N) is 2. The molecule has 0 saturated carbocycles. The third-order valence-electron chi connectivity index (χ3n) is 2.80. The van der Waals surface area contributed by atoms with E-state index in [9.17, 15) is 8.42 Å². The van der Waals surface area contributed by atoms with Gasteiger partial charge in [-0.1, -0.05) is 13.8 Å². The number of nitrogens with two attached hydrogens (primary N) is 1. The Bertz CT molecular complexity index is 524. The molecule has 0 bridgehead atoms. The maximum atomic E-state index is 12.2. The zero-order valence-corrected chi connectivity index (χ0v) is 13.4. The molecule has 20 heavy (non-hydrogen) atoms. The van der Waals surface area contributed by atoms with Crippen LogP contribution < -0.4 is 10.5 Å². The summed E-state index contributed by atoms with van der Waals surface area (Å²) in [4.78, 5) is 6.20. The molecule has 6 nitrogen and oxygen atoms in total. The summed E-state index contributed by atoms with van der Waals surface area (Å²) in [6, 6.07) is 3.15. The van der Waals surface area contributed by atoms with Crippen molar-refractivity contribution in [3.8, 4) is 0 Å². The molecule has 0 fully saturated rings. The summed E-state index contributed by atoms with van der Waals surface area (Å²) in [6.07, 6.45) is 1.34. The Kier molecular flexibility index (Phi) is 5.64. The highest BCUT2D eigenvalue weighted by atomic mass is 32.2. The highest BCUT2D eigenvalue weighted by Gasteiger charge is 2.23. The Labute approximate surface area is 121 Å². The average Bonchev–Trinajstić information content (AvgIpc) is 2.35. The molecule has 0 amide bonds. The molecule has 0 radical (unpaired) electrons. The second kappa shape index (κ2) is 6.62. The predicted molar refractivity (Wildman–Crippen MR) is 79.7 cm³/mol. The normalized spacial score (nSPS) is 12.9. The van der Waals surface area contributed by atoms with E-state index in [0.29, 0.717) is 18.8 Å². The number of rotatable bonds is 7. The van der Waals surface area contributed by atoms with E-state index in [1.54, 1.807) is 6.07 Å². The van der Waals surface area contributed by atoms with Crippen molar-refractivity contribution in [1.82, 2.24) is 14.6 Å². The smallest absolute Gasteiger partial charge is 0.242 e. The van der Waals surface area contributed by atoms with Crippen LogP contribution in [0.4, 0.5) is 0 Å². The van der Waals surface area contributed by atoms with Crippen molar-refractivity contribution in [2.45, 2.75) is 25.3 Å². The van der Waals surface area contributed by atoms with Crippen LogP contribution in [0, 0.1) is 5.41 Å². The molecule has 0 atom stereocenters. The molecule has 1 rings (SSSR count). The topological polar surface area (TPSA) is 88.3 Å². The van der Waals surface area contributed by atoms with Gasteiger partial charge in [0.25, 0.3) is 0 Å². The van der Waals surface area contributed by atoms with Crippen LogP contribution in [-0.4, -0.2) is 45.5 Å². The Hall–Kier alpha value is -1.02. The van der Waals surface area contributed by atoms with Crippen LogP contribution in [0.3, 0.4) is 0 Å². The molecular weight excluding hydrogens is 276 g/mol. The van der Waals surface area contributed by atoms with Gasteiger partial charge in [0.2, 0.25) is 10.0 Å². The molecule has 1 aromatic rings. The van der Waals surface area contributed by atoms with Crippen molar-refractivity contribution in [3.05, 3.63) is 24.0 Å². The van der Waals surface area contributed by atoms with Crippen LogP contribution in [-0.2, 0) is 16.6 Å². The molecule has 0 aliphatic heterocycles. The number of sulfonamides is 1. The summed E-state index contributed by atoms with van der Waals surface area (Å²) < 4.78 is 27.0. The zero-order valence-electron chi connectivity index (χ0n) is 12.5. The minimum atomic E-state index is -3.53. The number of aromatic nitrogens is 1. The Balaban J connectivity index is 2.74. The fourth-order valence-corrected chi connectivity index (χ4v) is 3.16. The van der Waals surface area contributed by atoms with E-state index in [2.05, 4.69) is 9.71 Å². The minimum absolute atomic E-state index is 0.152. The summed E-state index contributed by atoms with van der Waals surface area (Å²) in [5.41, 5.74) is 5.95. The lowest BCUT2D eigenvalue weighted by molar-refractivity contribution is 0.242. The maximum absolute atomic E-state index is 12.2. The summed E-state index contributed by atoms with van der Waals surface area (Å²) in [6.45, 7) is 5.49. The zero-order chi connectivity index (χ0) is 15.4. The largest absolute Gasteiger partial charge is 0.325 e. The first-order valence-corrected chi connectivity index (χ1v) is 7.94. The van der Waals surface area contributed by atoms with Crippen LogP contribution in [0.2, 0.25) is 0 Å². The van der Waals surface area contributed by atoms with Gasteiger partial charge in [0.15, 0.2) is 0 Å². The van der Waals surface area contributed by atoms with E-state index in [1.165, 1.54) is 12.3 Å². The molecule has 1 aromatic heterocycles. The first-order valence-electron chi connectivity index (χ1n) is 6.46. The van der Waals surface area contributed by atoms with Crippen molar-refractivity contribution in [1.29, 1.82) is 0 Å². The number of nitrogens with one attached hydrogen (secondary N) is 1. The van der Waals surface area contributed by atoms with Crippen LogP contribution in [0.15, 0.2) is 23.2 Å². The molecule has 0 aromatic carbocycles. The van der Waals surface area contributed by atoms with Gasteiger partial charge in [-0.25, -0.2) is 13.1 Å². The molecule has 0 spiro atoms. The quantitative estimate of drug-likeness (QED) is 0.761. The molecule has 7 heteroatoms. The highest BCUT2D eigenvalue weighted by molar-refractivity contribution is 7.89. The van der Waals surface area contributed by atoms with Gasteiger partial charge in [0.1, 0.15) is 4.90 Å². The first-order chi connectivity index (χ1) is 9.16. The summed E-state index contributed by atoms with van der Waals surface area (Å²) in [7, 11) is 0.402. The summed E-state index contributed by atoms with van der Waals surface area (Å²) in [5.74, 6) is 0. The standard InChI is InChI=1S/C13H24N4O2S/c1-13(2,10-17(3)4)9-16-20(18,19)12-6-5-11(7-14)15-8-12/h5-6,8,16H,7,9-10,14H2,1-4H3. The molecule has 0 unspecified atom stereocenters. The van der Waals surface area contributed by atoms with Gasteiger partial charge in [0.05, 0.1) is 5.69 Å². The third kappa shape index (κ3) is 5.16. The molecule has 0 aliphatic carbocycles. The molecule has 3 N–H and O–H groups in total. The van der Waals surface area contributed by atoms with Crippen LogP contribution >= 0.6 is 0 Å². The van der Waals surface area contributed by atoms with E-state index in [1.807, 2.05) is 32.8 Å². The SMILES string of the molecule is CN(C)CC(C)(C)CNS(=O)(=O)c1ccc(CN)nc1. The van der Waals surface area contributed by atoms with E-state index < -0.39 is 10.0 Å². The van der Waals surface area contributed by atoms with Gasteiger partial charge < -0.3 is 10.6 Å². The van der Waals surface area contributed by atoms with E-state index in [4.69, 9.17) is 5.73 Å². The van der Waals surface area contributed by atoms with Crippen LogP contribution in [0.5, 0.6) is 0 Å². The maximum Gasteiger partial charge on any atom is 0.242 e. The number of hydrogen-bond acceptors (Lipinski definition) is 5. The fourth-order valence-electron chi connectivity index (χ4n) is 1.98. The first kappa shape index (κ1) is 17.0. The third-order valence-corrected chi connectivity index (χ3v) is 4.19. The Morgan fingerprint density at radius 2 is 2.00 bits per heavy atom. The second-order valence-corrected chi connectivity index (χ2v) is 7.68. The van der Waals surface area contributed by atoms with Gasteiger partial charge in [-0.15, -0.1) is 0 Å². The van der Waals surface area contributed by atoms with E-state index in [0.717, 1.165) is 6.54 Å².